The second kappa shape index (κ2) is 3.95. The van der Waals surface area contributed by atoms with Crippen LogP contribution in [-0.2, 0) is 4.74 Å². The summed E-state index contributed by atoms with van der Waals surface area (Å²) < 4.78 is 5.27. The van der Waals surface area contributed by atoms with Gasteiger partial charge in [0, 0.05) is 19.1 Å². The lowest BCUT2D eigenvalue weighted by atomic mass is 9.82. The second-order valence-corrected chi connectivity index (χ2v) is 4.28. The first-order chi connectivity index (χ1) is 6.29. The third-order valence-electron chi connectivity index (χ3n) is 3.32. The third-order valence-corrected chi connectivity index (χ3v) is 3.32. The van der Waals surface area contributed by atoms with Gasteiger partial charge in [-0.3, -0.25) is 0 Å². The van der Waals surface area contributed by atoms with Gasteiger partial charge in [0.2, 0.25) is 0 Å². The molecular formula is C10H18O3. The van der Waals surface area contributed by atoms with Crippen molar-refractivity contribution in [2.45, 2.75) is 32.0 Å². The largest absolute Gasteiger partial charge is 0.381 e. The molecule has 2 fully saturated rings. The van der Waals surface area contributed by atoms with Crippen molar-refractivity contribution in [1.29, 1.82) is 0 Å². The summed E-state index contributed by atoms with van der Waals surface area (Å²) in [6, 6.07) is 0. The summed E-state index contributed by atoms with van der Waals surface area (Å²) in [7, 11) is 0. The van der Waals surface area contributed by atoms with E-state index < -0.39 is 6.29 Å². The molecule has 0 aromatic carbocycles. The van der Waals surface area contributed by atoms with Crippen molar-refractivity contribution in [1.82, 2.24) is 0 Å². The molecule has 2 rings (SSSR count). The fraction of sp³-hybridized carbons (Fsp3) is 1.00. The minimum Gasteiger partial charge on any atom is -0.381 e. The van der Waals surface area contributed by atoms with Gasteiger partial charge in [0.1, 0.15) is 0 Å². The predicted molar refractivity (Wildman–Crippen MR) is 48.0 cm³/mol. The summed E-state index contributed by atoms with van der Waals surface area (Å²) in [5.41, 5.74) is 0. The highest BCUT2D eigenvalue weighted by atomic mass is 16.5. The number of rotatable bonds is 3. The zero-order chi connectivity index (χ0) is 9.26. The van der Waals surface area contributed by atoms with Crippen LogP contribution in [0.2, 0.25) is 0 Å². The van der Waals surface area contributed by atoms with E-state index >= 15 is 0 Å². The highest BCUT2D eigenvalue weighted by Crippen LogP contribution is 2.44. The lowest BCUT2D eigenvalue weighted by Crippen LogP contribution is -2.33. The summed E-state index contributed by atoms with van der Waals surface area (Å²) >= 11 is 0. The third kappa shape index (κ3) is 2.22. The van der Waals surface area contributed by atoms with Crippen LogP contribution < -0.4 is 0 Å². The summed E-state index contributed by atoms with van der Waals surface area (Å²) in [5.74, 6) is 1.16. The summed E-state index contributed by atoms with van der Waals surface area (Å²) in [6.07, 6.45) is 3.24. The number of hydrogen-bond acceptors (Lipinski definition) is 3. The van der Waals surface area contributed by atoms with Crippen LogP contribution in [0.25, 0.3) is 0 Å². The van der Waals surface area contributed by atoms with Crippen molar-refractivity contribution >= 4 is 0 Å². The smallest absolute Gasteiger partial charge is 0.154 e. The summed E-state index contributed by atoms with van der Waals surface area (Å²) in [4.78, 5) is 0. The van der Waals surface area contributed by atoms with E-state index in [0.29, 0.717) is 11.8 Å². The van der Waals surface area contributed by atoms with Gasteiger partial charge in [-0.15, -0.1) is 0 Å². The Balaban J connectivity index is 1.92. The van der Waals surface area contributed by atoms with Gasteiger partial charge >= 0.3 is 0 Å². The van der Waals surface area contributed by atoms with E-state index in [1.807, 2.05) is 0 Å². The Hall–Kier alpha value is -0.120. The molecule has 1 saturated heterocycles. The van der Waals surface area contributed by atoms with E-state index in [0.717, 1.165) is 26.1 Å². The average molecular weight is 186 g/mol. The van der Waals surface area contributed by atoms with Gasteiger partial charge in [-0.2, -0.15) is 0 Å². The standard InChI is InChI=1S/C10H18O3/c11-10(12)9(7-1-2-7)8-3-5-13-6-4-8/h7-12H,1-6H2. The fourth-order valence-corrected chi connectivity index (χ4v) is 2.45. The molecule has 76 valence electrons. The van der Waals surface area contributed by atoms with E-state index in [1.165, 1.54) is 12.8 Å². The van der Waals surface area contributed by atoms with Crippen molar-refractivity contribution < 1.29 is 14.9 Å². The van der Waals surface area contributed by atoms with Gasteiger partial charge in [-0.1, -0.05) is 0 Å². The highest BCUT2D eigenvalue weighted by molar-refractivity contribution is 4.87. The Bertz CT molecular complexity index is 158. The number of aliphatic hydroxyl groups is 2. The lowest BCUT2D eigenvalue weighted by Gasteiger charge is -2.31. The summed E-state index contributed by atoms with van der Waals surface area (Å²) in [5, 5.41) is 18.6. The maximum absolute atomic E-state index is 9.29. The Morgan fingerprint density at radius 3 is 1.92 bits per heavy atom. The molecule has 0 amide bonds. The van der Waals surface area contributed by atoms with E-state index in [1.54, 1.807) is 0 Å². The van der Waals surface area contributed by atoms with Crippen LogP contribution in [0, 0.1) is 17.8 Å². The molecule has 3 heteroatoms. The van der Waals surface area contributed by atoms with Gasteiger partial charge < -0.3 is 14.9 Å². The van der Waals surface area contributed by atoms with Crippen LogP contribution in [-0.4, -0.2) is 29.7 Å². The van der Waals surface area contributed by atoms with Crippen molar-refractivity contribution in [2.24, 2.45) is 17.8 Å². The lowest BCUT2D eigenvalue weighted by molar-refractivity contribution is -0.119. The molecule has 2 aliphatic rings. The molecule has 0 radical (unpaired) electrons. The molecule has 1 saturated carbocycles. The first kappa shape index (κ1) is 9.44. The van der Waals surface area contributed by atoms with Crippen molar-refractivity contribution in [2.75, 3.05) is 13.2 Å². The van der Waals surface area contributed by atoms with Crippen LogP contribution >= 0.6 is 0 Å². The minimum atomic E-state index is -1.12. The second-order valence-electron chi connectivity index (χ2n) is 4.28. The van der Waals surface area contributed by atoms with Crippen LogP contribution in [0.3, 0.4) is 0 Å². The molecule has 1 heterocycles. The molecule has 13 heavy (non-hydrogen) atoms. The molecule has 0 bridgehead atoms. The Labute approximate surface area is 78.7 Å². The monoisotopic (exact) mass is 186 g/mol. The zero-order valence-electron chi connectivity index (χ0n) is 7.85. The molecule has 1 aliphatic heterocycles. The molecule has 1 aliphatic carbocycles. The molecule has 2 N–H and O–H groups in total. The quantitative estimate of drug-likeness (QED) is 0.639. The predicted octanol–water partition coefficient (Wildman–Crippen LogP) is 0.750. The topological polar surface area (TPSA) is 49.7 Å². The van der Waals surface area contributed by atoms with Crippen molar-refractivity contribution in [3.63, 3.8) is 0 Å². The van der Waals surface area contributed by atoms with Gasteiger partial charge in [0.15, 0.2) is 6.29 Å². The molecule has 3 nitrogen and oxygen atoms in total. The number of ether oxygens (including phenoxy) is 1. The normalized spacial score (nSPS) is 27.9. The SMILES string of the molecule is OC(O)C(C1CCOCC1)C1CC1. The van der Waals surface area contributed by atoms with Crippen molar-refractivity contribution in [3.8, 4) is 0 Å². The minimum absolute atomic E-state index is 0.115. The molecule has 1 unspecified atom stereocenters. The van der Waals surface area contributed by atoms with Gasteiger partial charge in [-0.25, -0.2) is 0 Å². The maximum atomic E-state index is 9.29. The summed E-state index contributed by atoms with van der Waals surface area (Å²) in [6.45, 7) is 1.58. The van der Waals surface area contributed by atoms with Crippen LogP contribution in [0.15, 0.2) is 0 Å². The number of aliphatic hydroxyl groups excluding tert-OH is 1. The molecular weight excluding hydrogens is 168 g/mol. The van der Waals surface area contributed by atoms with E-state index in [9.17, 15) is 10.2 Å². The van der Waals surface area contributed by atoms with Crippen molar-refractivity contribution in [3.05, 3.63) is 0 Å². The molecule has 0 aromatic heterocycles. The average Bonchev–Trinajstić information content (AvgIpc) is 2.90. The first-order valence-corrected chi connectivity index (χ1v) is 5.23. The maximum Gasteiger partial charge on any atom is 0.154 e. The van der Waals surface area contributed by atoms with E-state index in [-0.39, 0.29) is 5.92 Å². The fourth-order valence-electron chi connectivity index (χ4n) is 2.45. The van der Waals surface area contributed by atoms with Crippen LogP contribution in [0.5, 0.6) is 0 Å². The molecule has 1 atom stereocenters. The molecule has 0 spiro atoms. The Morgan fingerprint density at radius 1 is 0.923 bits per heavy atom. The van der Waals surface area contributed by atoms with Crippen LogP contribution in [0.4, 0.5) is 0 Å². The van der Waals surface area contributed by atoms with Crippen LogP contribution in [0.1, 0.15) is 25.7 Å². The number of hydrogen-bond donors (Lipinski definition) is 2. The van der Waals surface area contributed by atoms with Gasteiger partial charge in [-0.05, 0) is 37.5 Å². The van der Waals surface area contributed by atoms with Gasteiger partial charge in [0.25, 0.3) is 0 Å². The first-order valence-electron chi connectivity index (χ1n) is 5.23. The van der Waals surface area contributed by atoms with E-state index in [4.69, 9.17) is 4.74 Å². The van der Waals surface area contributed by atoms with Gasteiger partial charge in [0.05, 0.1) is 0 Å². The molecule has 0 aromatic rings. The Morgan fingerprint density at radius 2 is 1.46 bits per heavy atom. The Kier molecular flexibility index (Phi) is 2.86. The highest BCUT2D eigenvalue weighted by Gasteiger charge is 2.40. The zero-order valence-corrected chi connectivity index (χ0v) is 7.85. The van der Waals surface area contributed by atoms with E-state index in [2.05, 4.69) is 0 Å².